The van der Waals surface area contributed by atoms with E-state index in [1.54, 1.807) is 14.2 Å². The molecule has 5 rings (SSSR count). The van der Waals surface area contributed by atoms with Crippen LogP contribution in [0.5, 0.6) is 11.5 Å². The van der Waals surface area contributed by atoms with Crippen LogP contribution in [0.3, 0.4) is 0 Å². The highest BCUT2D eigenvalue weighted by Gasteiger charge is 2.39. The fourth-order valence-corrected chi connectivity index (χ4v) is 4.67. The summed E-state index contributed by atoms with van der Waals surface area (Å²) in [5.74, 6) is 1.52. The number of ether oxygens (including phenoxy) is 2. The van der Waals surface area contributed by atoms with Gasteiger partial charge in [0, 0.05) is 23.9 Å². The standard InChI is InChI=1S/C24H26N2O3/c1-28-22-11-15-3-4-16(9-18(15)12-23(22)29-2)24(27)26(20-7-8-20)21-6-5-17-13-25-14-19(17)10-21/h3-4,9,11-12,14,20-21H,5-8,10,13H2,1-2H3. The van der Waals surface area contributed by atoms with Gasteiger partial charge in [0.25, 0.3) is 5.91 Å². The van der Waals surface area contributed by atoms with Gasteiger partial charge in [0.1, 0.15) is 0 Å². The van der Waals surface area contributed by atoms with Gasteiger partial charge in [0.05, 0.1) is 20.8 Å². The topological polar surface area (TPSA) is 51.1 Å². The van der Waals surface area contributed by atoms with Crippen LogP contribution in [-0.4, -0.2) is 49.9 Å². The summed E-state index contributed by atoms with van der Waals surface area (Å²) in [7, 11) is 3.26. The summed E-state index contributed by atoms with van der Waals surface area (Å²) in [6.07, 6.45) is 7.29. The first kappa shape index (κ1) is 18.2. The van der Waals surface area contributed by atoms with Crippen molar-refractivity contribution in [1.29, 1.82) is 0 Å². The number of hydrogen-bond acceptors (Lipinski definition) is 4. The van der Waals surface area contributed by atoms with E-state index < -0.39 is 0 Å². The van der Waals surface area contributed by atoms with E-state index in [2.05, 4.69) is 9.89 Å². The number of benzene rings is 2. The third kappa shape index (κ3) is 3.28. The molecule has 0 spiro atoms. The first-order valence-corrected chi connectivity index (χ1v) is 10.4. The third-order valence-corrected chi connectivity index (χ3v) is 6.38. The van der Waals surface area contributed by atoms with Gasteiger partial charge in [-0.2, -0.15) is 0 Å². The lowest BCUT2D eigenvalue weighted by atomic mass is 9.88. The van der Waals surface area contributed by atoms with E-state index >= 15 is 0 Å². The molecule has 1 unspecified atom stereocenters. The number of amides is 1. The molecule has 0 saturated heterocycles. The van der Waals surface area contributed by atoms with Crippen LogP contribution in [-0.2, 0) is 0 Å². The Morgan fingerprint density at radius 1 is 1.00 bits per heavy atom. The minimum absolute atomic E-state index is 0.146. The number of rotatable bonds is 5. The molecule has 1 fully saturated rings. The molecule has 0 bridgehead atoms. The minimum atomic E-state index is 0.146. The van der Waals surface area contributed by atoms with Crippen LogP contribution in [0.1, 0.15) is 42.5 Å². The Kier molecular flexibility index (Phi) is 4.53. The smallest absolute Gasteiger partial charge is 0.254 e. The van der Waals surface area contributed by atoms with Crippen LogP contribution in [0, 0.1) is 0 Å². The molecule has 3 aliphatic rings. The lowest BCUT2D eigenvalue weighted by Gasteiger charge is -2.35. The molecule has 0 N–H and O–H groups in total. The van der Waals surface area contributed by atoms with Crippen molar-refractivity contribution in [3.05, 3.63) is 47.0 Å². The molecule has 150 valence electrons. The molecule has 0 radical (unpaired) electrons. The highest BCUT2D eigenvalue weighted by molar-refractivity contribution is 6.00. The molecule has 1 heterocycles. The van der Waals surface area contributed by atoms with Crippen LogP contribution in [0.25, 0.3) is 10.8 Å². The second-order valence-electron chi connectivity index (χ2n) is 8.21. The molecule has 5 nitrogen and oxygen atoms in total. The number of fused-ring (bicyclic) bond motifs is 1. The fraction of sp³-hybridized carbons (Fsp3) is 0.417. The number of carbonyl (C=O) groups is 1. The predicted octanol–water partition coefficient (Wildman–Crippen LogP) is 4.40. The van der Waals surface area contributed by atoms with E-state index in [9.17, 15) is 4.79 Å². The Balaban J connectivity index is 1.46. The average Bonchev–Trinajstić information content (AvgIpc) is 3.47. The molecule has 2 aliphatic carbocycles. The summed E-state index contributed by atoms with van der Waals surface area (Å²) >= 11 is 0. The first-order valence-electron chi connectivity index (χ1n) is 10.4. The SMILES string of the molecule is COc1cc2ccc(C(=O)N(C3CC3)C3CCC4=C(C=NC4)C3)cc2cc1OC. The minimum Gasteiger partial charge on any atom is -0.493 e. The number of hydrogen-bond donors (Lipinski definition) is 0. The summed E-state index contributed by atoms with van der Waals surface area (Å²) in [5, 5.41) is 2.02. The van der Waals surface area contributed by atoms with Crippen molar-refractivity contribution in [1.82, 2.24) is 4.90 Å². The van der Waals surface area contributed by atoms with Crippen molar-refractivity contribution < 1.29 is 14.3 Å². The van der Waals surface area contributed by atoms with Gasteiger partial charge in [-0.1, -0.05) is 6.07 Å². The molecule has 29 heavy (non-hydrogen) atoms. The molecule has 0 aromatic heterocycles. The Labute approximate surface area is 171 Å². The number of aliphatic imine (C=N–C) groups is 1. The van der Waals surface area contributed by atoms with Crippen molar-refractivity contribution in [3.63, 3.8) is 0 Å². The lowest BCUT2D eigenvalue weighted by molar-refractivity contribution is 0.0645. The van der Waals surface area contributed by atoms with Crippen LogP contribution < -0.4 is 9.47 Å². The molecular formula is C24H26N2O3. The van der Waals surface area contributed by atoms with E-state index in [1.807, 2.05) is 36.5 Å². The van der Waals surface area contributed by atoms with Crippen molar-refractivity contribution in [2.24, 2.45) is 4.99 Å². The van der Waals surface area contributed by atoms with Crippen molar-refractivity contribution >= 4 is 22.9 Å². The summed E-state index contributed by atoms with van der Waals surface area (Å²) in [5.41, 5.74) is 3.57. The molecule has 2 aromatic carbocycles. The monoisotopic (exact) mass is 390 g/mol. The maximum absolute atomic E-state index is 13.6. The molecule has 1 saturated carbocycles. The Hall–Kier alpha value is -2.82. The maximum atomic E-state index is 13.6. The largest absolute Gasteiger partial charge is 0.493 e. The molecule has 2 aromatic rings. The van der Waals surface area contributed by atoms with Gasteiger partial charge < -0.3 is 14.4 Å². The first-order chi connectivity index (χ1) is 14.2. The molecule has 1 amide bonds. The quantitative estimate of drug-likeness (QED) is 0.761. The van der Waals surface area contributed by atoms with Crippen LogP contribution >= 0.6 is 0 Å². The van der Waals surface area contributed by atoms with Gasteiger partial charge in [-0.25, -0.2) is 0 Å². The Morgan fingerprint density at radius 3 is 2.48 bits per heavy atom. The molecular weight excluding hydrogens is 364 g/mol. The summed E-state index contributed by atoms with van der Waals surface area (Å²) in [4.78, 5) is 20.1. The summed E-state index contributed by atoms with van der Waals surface area (Å²) in [6.45, 7) is 0.857. The van der Waals surface area contributed by atoms with E-state index in [0.717, 1.165) is 55.0 Å². The highest BCUT2D eigenvalue weighted by Crippen LogP contribution is 2.38. The number of nitrogens with zero attached hydrogens (tertiary/aromatic N) is 2. The second kappa shape index (κ2) is 7.21. The van der Waals surface area contributed by atoms with Crippen molar-refractivity contribution in [2.75, 3.05) is 20.8 Å². The third-order valence-electron chi connectivity index (χ3n) is 6.38. The summed E-state index contributed by atoms with van der Waals surface area (Å²) < 4.78 is 10.8. The van der Waals surface area contributed by atoms with Crippen LogP contribution in [0.15, 0.2) is 46.5 Å². The fourth-order valence-electron chi connectivity index (χ4n) is 4.67. The molecule has 5 heteroatoms. The zero-order valence-corrected chi connectivity index (χ0v) is 17.0. The van der Waals surface area contributed by atoms with Gasteiger partial charge in [-0.05, 0) is 78.3 Å². The normalized spacial score (nSPS) is 20.7. The zero-order valence-electron chi connectivity index (χ0n) is 17.0. The van der Waals surface area contributed by atoms with Gasteiger partial charge >= 0.3 is 0 Å². The van der Waals surface area contributed by atoms with Gasteiger partial charge in [0.2, 0.25) is 0 Å². The highest BCUT2D eigenvalue weighted by atomic mass is 16.5. The van der Waals surface area contributed by atoms with Crippen LogP contribution in [0.4, 0.5) is 0 Å². The van der Waals surface area contributed by atoms with Gasteiger partial charge in [-0.15, -0.1) is 0 Å². The number of methoxy groups -OCH3 is 2. The van der Waals surface area contributed by atoms with E-state index in [4.69, 9.17) is 9.47 Å². The Bertz CT molecular complexity index is 1040. The average molecular weight is 390 g/mol. The second-order valence-corrected chi connectivity index (χ2v) is 8.21. The van der Waals surface area contributed by atoms with E-state index in [1.165, 1.54) is 11.1 Å². The zero-order chi connectivity index (χ0) is 20.0. The van der Waals surface area contributed by atoms with Gasteiger partial charge in [0.15, 0.2) is 11.5 Å². The van der Waals surface area contributed by atoms with Crippen molar-refractivity contribution in [2.45, 2.75) is 44.2 Å². The van der Waals surface area contributed by atoms with E-state index in [-0.39, 0.29) is 11.9 Å². The predicted molar refractivity (Wildman–Crippen MR) is 114 cm³/mol. The van der Waals surface area contributed by atoms with E-state index in [0.29, 0.717) is 17.5 Å². The summed E-state index contributed by atoms with van der Waals surface area (Å²) in [6, 6.07) is 10.5. The number of carbonyl (C=O) groups excluding carboxylic acids is 1. The van der Waals surface area contributed by atoms with Crippen molar-refractivity contribution in [3.8, 4) is 11.5 Å². The lowest BCUT2D eigenvalue weighted by Crippen LogP contribution is -2.43. The Morgan fingerprint density at radius 2 is 1.76 bits per heavy atom. The maximum Gasteiger partial charge on any atom is 0.254 e. The molecule has 1 aliphatic heterocycles. The molecule has 1 atom stereocenters. The van der Waals surface area contributed by atoms with Crippen LogP contribution in [0.2, 0.25) is 0 Å². The van der Waals surface area contributed by atoms with Gasteiger partial charge in [-0.3, -0.25) is 9.79 Å².